The molecule has 5 aliphatic rings. The van der Waals surface area contributed by atoms with Crippen molar-refractivity contribution in [1.82, 2.24) is 14.9 Å². The maximum Gasteiger partial charge on any atom is 0.318 e. The fraction of sp³-hybridized carbons (Fsp3) is 0.656. The molecule has 3 fully saturated rings. The number of rotatable bonds is 4. The van der Waals surface area contributed by atoms with E-state index in [4.69, 9.17) is 25.2 Å². The summed E-state index contributed by atoms with van der Waals surface area (Å²) in [6.07, 6.45) is 7.93. The van der Waals surface area contributed by atoms with Gasteiger partial charge < -0.3 is 20.1 Å². The van der Waals surface area contributed by atoms with Crippen molar-refractivity contribution in [3.8, 4) is 12.1 Å². The van der Waals surface area contributed by atoms with Gasteiger partial charge in [-0.05, 0) is 88.1 Å². The van der Waals surface area contributed by atoms with Crippen molar-refractivity contribution in [2.45, 2.75) is 95.1 Å². The van der Waals surface area contributed by atoms with E-state index >= 15 is 0 Å². The van der Waals surface area contributed by atoms with E-state index in [1.165, 1.54) is 11.1 Å². The Kier molecular flexibility index (Phi) is 6.62. The molecule has 0 radical (unpaired) electrons. The van der Waals surface area contributed by atoms with Crippen molar-refractivity contribution >= 4 is 11.5 Å². The second kappa shape index (κ2) is 10.1. The van der Waals surface area contributed by atoms with E-state index in [9.17, 15) is 9.65 Å². The van der Waals surface area contributed by atoms with Crippen LogP contribution in [-0.4, -0.2) is 59.4 Å². The number of hydrogen-bond donors (Lipinski definition) is 1. The first kappa shape index (κ1) is 26.9. The number of fused-ring (bicyclic) bond motifs is 4. The number of nitrogens with two attached hydrogens (primary N) is 1. The summed E-state index contributed by atoms with van der Waals surface area (Å²) in [5.74, 6) is 0.862. The third-order valence-electron chi connectivity index (χ3n) is 10.5. The summed E-state index contributed by atoms with van der Waals surface area (Å²) in [6, 6.07) is 9.11. The van der Waals surface area contributed by atoms with E-state index in [2.05, 4.69) is 34.9 Å². The maximum absolute atomic E-state index is 14.4. The Bertz CT molecular complexity index is 1380. The molecule has 3 saturated heterocycles. The lowest BCUT2D eigenvalue weighted by molar-refractivity contribution is -0.0855. The molecular weight excluding hydrogens is 519 g/mol. The van der Waals surface area contributed by atoms with Crippen molar-refractivity contribution in [3.63, 3.8) is 0 Å². The molecule has 4 aliphatic heterocycles. The zero-order valence-electron chi connectivity index (χ0n) is 24.1. The highest BCUT2D eigenvalue weighted by atomic mass is 19.1. The summed E-state index contributed by atoms with van der Waals surface area (Å²) < 4.78 is 27.7. The largest absolute Gasteiger partial charge is 0.461 e. The average Bonchev–Trinajstić information content (AvgIpc) is 3.41. The fourth-order valence-corrected chi connectivity index (χ4v) is 8.17. The van der Waals surface area contributed by atoms with Gasteiger partial charge in [-0.2, -0.15) is 15.2 Å². The van der Waals surface area contributed by atoms with Gasteiger partial charge in [-0.1, -0.05) is 6.07 Å². The Morgan fingerprint density at radius 2 is 2.02 bits per heavy atom. The summed E-state index contributed by atoms with van der Waals surface area (Å²) >= 11 is 0. The molecule has 2 N–H and O–H groups in total. The number of aryl methyl sites for hydroxylation is 1. The summed E-state index contributed by atoms with van der Waals surface area (Å²) in [7, 11) is 0. The molecule has 5 heterocycles. The number of nitriles is 1. The Labute approximate surface area is 242 Å². The highest BCUT2D eigenvalue weighted by Gasteiger charge is 2.50. The molecule has 4 atom stereocenters. The minimum Gasteiger partial charge on any atom is -0.461 e. The highest BCUT2D eigenvalue weighted by molar-refractivity contribution is 5.54. The number of benzene rings is 1. The van der Waals surface area contributed by atoms with Gasteiger partial charge in [0.05, 0.1) is 34.9 Å². The van der Waals surface area contributed by atoms with Gasteiger partial charge in [-0.25, -0.2) is 4.39 Å². The summed E-state index contributed by atoms with van der Waals surface area (Å²) in [6.45, 7) is 5.88. The molecule has 41 heavy (non-hydrogen) atoms. The van der Waals surface area contributed by atoms with Crippen LogP contribution < -0.4 is 15.4 Å². The van der Waals surface area contributed by atoms with E-state index in [1.807, 2.05) is 6.07 Å². The van der Waals surface area contributed by atoms with Gasteiger partial charge in [0.15, 0.2) is 0 Å². The summed E-state index contributed by atoms with van der Waals surface area (Å²) in [5, 5.41) is 9.80. The maximum atomic E-state index is 14.4. The summed E-state index contributed by atoms with van der Waals surface area (Å²) in [5.41, 5.74) is 10.4. The second-order valence-electron chi connectivity index (χ2n) is 13.4. The van der Waals surface area contributed by atoms with Gasteiger partial charge >= 0.3 is 6.01 Å². The van der Waals surface area contributed by atoms with E-state index in [0.29, 0.717) is 38.6 Å². The lowest BCUT2D eigenvalue weighted by Gasteiger charge is -2.43. The molecule has 1 aliphatic carbocycles. The molecule has 1 aromatic carbocycles. The Morgan fingerprint density at radius 3 is 2.90 bits per heavy atom. The topological polar surface area (TPSA) is 101 Å². The summed E-state index contributed by atoms with van der Waals surface area (Å²) in [4.78, 5) is 14.6. The molecular formula is C32H41FN6O2. The smallest absolute Gasteiger partial charge is 0.318 e. The minimum absolute atomic E-state index is 0.264. The normalized spacial score (nSPS) is 33.1. The van der Waals surface area contributed by atoms with Crippen LogP contribution in [0.2, 0.25) is 0 Å². The third-order valence-corrected chi connectivity index (χ3v) is 10.5. The lowest BCUT2D eigenvalue weighted by atomic mass is 9.74. The van der Waals surface area contributed by atoms with Crippen LogP contribution in [0.3, 0.4) is 0 Å². The van der Waals surface area contributed by atoms with Crippen molar-refractivity contribution in [1.29, 1.82) is 5.26 Å². The van der Waals surface area contributed by atoms with Crippen LogP contribution in [-0.2, 0) is 29.8 Å². The number of nitrogen functional groups attached to an aromatic ring is 1. The van der Waals surface area contributed by atoms with Crippen LogP contribution in [0.1, 0.15) is 80.7 Å². The first-order valence-corrected chi connectivity index (χ1v) is 15.4. The van der Waals surface area contributed by atoms with Crippen molar-refractivity contribution in [3.05, 3.63) is 40.6 Å². The van der Waals surface area contributed by atoms with Gasteiger partial charge in [-0.15, -0.1) is 0 Å². The van der Waals surface area contributed by atoms with Crippen molar-refractivity contribution in [2.24, 2.45) is 5.41 Å². The van der Waals surface area contributed by atoms with Gasteiger partial charge in [0.1, 0.15) is 18.6 Å². The van der Waals surface area contributed by atoms with Crippen LogP contribution in [0, 0.1) is 16.7 Å². The standard InChI is InChI=1S/C32H41FN6O2/c1-30(20-34)8-3-12-38(14-11-30)28-25-19-41-32(10-2-5-22-6-7-24(35)15-26(22)32)17-27(25)36-29(37-28)40-21-31-9-4-13-39(31)18-23(33)16-31/h6-7,15,23H,2-5,8-14,16-19,21,35H2,1H3. The number of aromatic nitrogens is 2. The van der Waals surface area contributed by atoms with E-state index in [-0.39, 0.29) is 11.0 Å². The number of hydrogen-bond acceptors (Lipinski definition) is 8. The molecule has 1 aromatic heterocycles. The zero-order valence-corrected chi connectivity index (χ0v) is 24.1. The first-order chi connectivity index (χ1) is 19.8. The van der Waals surface area contributed by atoms with E-state index < -0.39 is 11.8 Å². The molecule has 218 valence electrons. The van der Waals surface area contributed by atoms with E-state index in [1.54, 1.807) is 0 Å². The Morgan fingerprint density at radius 1 is 1.15 bits per heavy atom. The van der Waals surface area contributed by atoms with Crippen LogP contribution in [0.5, 0.6) is 6.01 Å². The van der Waals surface area contributed by atoms with Crippen LogP contribution in [0.25, 0.3) is 0 Å². The molecule has 7 rings (SSSR count). The molecule has 0 amide bonds. The first-order valence-electron chi connectivity index (χ1n) is 15.4. The number of alkyl halides is 1. The number of anilines is 2. The molecule has 8 nitrogen and oxygen atoms in total. The number of ether oxygens (including phenoxy) is 2. The second-order valence-corrected chi connectivity index (χ2v) is 13.4. The predicted molar refractivity (Wildman–Crippen MR) is 154 cm³/mol. The third kappa shape index (κ3) is 4.73. The average molecular weight is 561 g/mol. The highest BCUT2D eigenvalue weighted by Crippen LogP contribution is 2.47. The fourth-order valence-electron chi connectivity index (χ4n) is 8.17. The van der Waals surface area contributed by atoms with Gasteiger partial charge in [0, 0.05) is 43.7 Å². The quantitative estimate of drug-likeness (QED) is 0.531. The Hall–Kier alpha value is -2.96. The number of halogens is 1. The van der Waals surface area contributed by atoms with Crippen molar-refractivity contribution in [2.75, 3.05) is 43.4 Å². The van der Waals surface area contributed by atoms with Crippen molar-refractivity contribution < 1.29 is 13.9 Å². The van der Waals surface area contributed by atoms with Gasteiger partial charge in [0.2, 0.25) is 0 Å². The van der Waals surface area contributed by atoms with Gasteiger partial charge in [-0.3, -0.25) is 4.90 Å². The molecule has 0 bridgehead atoms. The Balaban J connectivity index is 1.24. The monoisotopic (exact) mass is 560 g/mol. The lowest BCUT2D eigenvalue weighted by Crippen LogP contribution is -2.44. The van der Waals surface area contributed by atoms with Crippen LogP contribution >= 0.6 is 0 Å². The van der Waals surface area contributed by atoms with E-state index in [0.717, 1.165) is 93.8 Å². The molecule has 0 saturated carbocycles. The van der Waals surface area contributed by atoms with Crippen LogP contribution in [0.15, 0.2) is 18.2 Å². The molecule has 9 heteroatoms. The predicted octanol–water partition coefficient (Wildman–Crippen LogP) is 4.84. The SMILES string of the molecule is CC1(C#N)CCCN(c2nc(OCC34CCCN3CC(F)C4)nc3c2COC2(CCCc4ccc(N)cc42)C3)CC1. The minimum atomic E-state index is -0.804. The molecule has 4 unspecified atom stereocenters. The number of nitrogens with zero attached hydrogens (tertiary/aromatic N) is 5. The molecule has 1 spiro atoms. The zero-order chi connectivity index (χ0) is 28.2. The van der Waals surface area contributed by atoms with Gasteiger partial charge in [0.25, 0.3) is 0 Å². The van der Waals surface area contributed by atoms with Crippen LogP contribution in [0.4, 0.5) is 15.9 Å². The molecule has 2 aromatic rings.